The first-order chi connectivity index (χ1) is 10.3. The molecule has 0 aromatic heterocycles. The minimum atomic E-state index is 0.561. The Labute approximate surface area is 129 Å². The Balaban J connectivity index is 1.62. The van der Waals surface area contributed by atoms with Crippen LogP contribution in [0.15, 0.2) is 36.9 Å². The van der Waals surface area contributed by atoms with Crippen LogP contribution in [-0.4, -0.2) is 37.7 Å². The zero-order valence-electron chi connectivity index (χ0n) is 13.2. The van der Waals surface area contributed by atoms with E-state index in [1.807, 2.05) is 12.1 Å². The van der Waals surface area contributed by atoms with Crippen molar-refractivity contribution in [3.05, 3.63) is 42.5 Å². The molecule has 0 heterocycles. The van der Waals surface area contributed by atoms with Crippen molar-refractivity contribution in [2.75, 3.05) is 26.7 Å². The number of hydrogen-bond donors (Lipinski definition) is 1. The minimum absolute atomic E-state index is 0.561. The van der Waals surface area contributed by atoms with E-state index in [0.717, 1.165) is 31.4 Å². The van der Waals surface area contributed by atoms with Crippen LogP contribution in [0.4, 0.5) is 0 Å². The molecule has 1 aromatic rings. The van der Waals surface area contributed by atoms with E-state index >= 15 is 0 Å². The summed E-state index contributed by atoms with van der Waals surface area (Å²) < 4.78 is 5.48. The Morgan fingerprint density at radius 1 is 1.29 bits per heavy atom. The van der Waals surface area contributed by atoms with Gasteiger partial charge in [0.1, 0.15) is 12.4 Å². The van der Waals surface area contributed by atoms with E-state index in [1.165, 1.54) is 31.2 Å². The van der Waals surface area contributed by atoms with E-state index in [-0.39, 0.29) is 0 Å². The number of nitrogens with zero attached hydrogens (tertiary/aromatic N) is 1. The first-order valence-electron chi connectivity index (χ1n) is 8.03. The quantitative estimate of drug-likeness (QED) is 0.558. The predicted molar refractivity (Wildman–Crippen MR) is 88.7 cm³/mol. The van der Waals surface area contributed by atoms with Gasteiger partial charge in [-0.3, -0.25) is 0 Å². The van der Waals surface area contributed by atoms with Crippen molar-refractivity contribution in [1.82, 2.24) is 10.2 Å². The van der Waals surface area contributed by atoms with Crippen LogP contribution in [-0.2, 0) is 6.54 Å². The molecule has 0 atom stereocenters. The third-order valence-corrected chi connectivity index (χ3v) is 4.21. The number of benzene rings is 1. The summed E-state index contributed by atoms with van der Waals surface area (Å²) >= 11 is 0. The molecule has 3 heteroatoms. The van der Waals surface area contributed by atoms with Crippen LogP contribution in [0.5, 0.6) is 5.75 Å². The van der Waals surface area contributed by atoms with E-state index in [9.17, 15) is 0 Å². The van der Waals surface area contributed by atoms with Gasteiger partial charge in [-0.15, -0.1) is 0 Å². The molecule has 1 N–H and O–H groups in total. The minimum Gasteiger partial charge on any atom is -0.490 e. The van der Waals surface area contributed by atoms with Gasteiger partial charge >= 0.3 is 0 Å². The fourth-order valence-electron chi connectivity index (χ4n) is 2.87. The second kappa shape index (κ2) is 8.85. The maximum absolute atomic E-state index is 5.48. The number of ether oxygens (including phenoxy) is 1. The number of rotatable bonds is 9. The monoisotopic (exact) mass is 288 g/mol. The van der Waals surface area contributed by atoms with E-state index in [4.69, 9.17) is 4.74 Å². The summed E-state index contributed by atoms with van der Waals surface area (Å²) in [5, 5.41) is 3.52. The second-order valence-electron chi connectivity index (χ2n) is 5.84. The molecule has 116 valence electrons. The van der Waals surface area contributed by atoms with Gasteiger partial charge in [0.25, 0.3) is 0 Å². The van der Waals surface area contributed by atoms with Crippen LogP contribution < -0.4 is 10.1 Å². The third kappa shape index (κ3) is 5.52. The molecule has 1 saturated carbocycles. The molecule has 0 saturated heterocycles. The normalized spacial score (nSPS) is 15.5. The predicted octanol–water partition coefficient (Wildman–Crippen LogP) is 3.22. The standard InChI is InChI=1S/C18H28N2O/c1-3-14-21-18-10-8-16(9-11-18)15-19-12-13-20(2)17-6-4-5-7-17/h3,8-11,17,19H,1,4-7,12-15H2,2H3. The fourth-order valence-corrected chi connectivity index (χ4v) is 2.87. The van der Waals surface area contributed by atoms with E-state index < -0.39 is 0 Å². The molecule has 0 spiro atoms. The highest BCUT2D eigenvalue weighted by Crippen LogP contribution is 2.21. The highest BCUT2D eigenvalue weighted by molar-refractivity contribution is 5.27. The topological polar surface area (TPSA) is 24.5 Å². The van der Waals surface area contributed by atoms with E-state index in [2.05, 4.69) is 36.0 Å². The lowest BCUT2D eigenvalue weighted by Gasteiger charge is -2.24. The Hall–Kier alpha value is -1.32. The number of hydrogen-bond acceptors (Lipinski definition) is 3. The molecule has 3 nitrogen and oxygen atoms in total. The third-order valence-electron chi connectivity index (χ3n) is 4.21. The van der Waals surface area contributed by atoms with Gasteiger partial charge in [0.05, 0.1) is 0 Å². The van der Waals surface area contributed by atoms with Crippen molar-refractivity contribution in [3.63, 3.8) is 0 Å². The molecule has 1 aliphatic carbocycles. The van der Waals surface area contributed by atoms with Crippen LogP contribution in [0.3, 0.4) is 0 Å². The lowest BCUT2D eigenvalue weighted by atomic mass is 10.2. The first-order valence-corrected chi connectivity index (χ1v) is 8.03. The van der Waals surface area contributed by atoms with Crippen molar-refractivity contribution in [2.45, 2.75) is 38.3 Å². The van der Waals surface area contributed by atoms with Crippen LogP contribution in [0.1, 0.15) is 31.2 Å². The Bertz CT molecular complexity index is 410. The molecule has 0 bridgehead atoms. The molecule has 0 unspecified atom stereocenters. The molecule has 2 rings (SSSR count). The molecule has 0 radical (unpaired) electrons. The highest BCUT2D eigenvalue weighted by atomic mass is 16.5. The molecule has 0 amide bonds. The maximum atomic E-state index is 5.48. The van der Waals surface area contributed by atoms with E-state index in [1.54, 1.807) is 6.08 Å². The Morgan fingerprint density at radius 2 is 2.00 bits per heavy atom. The van der Waals surface area contributed by atoms with Crippen molar-refractivity contribution in [2.24, 2.45) is 0 Å². The maximum Gasteiger partial charge on any atom is 0.119 e. The van der Waals surface area contributed by atoms with Crippen molar-refractivity contribution in [3.8, 4) is 5.75 Å². The van der Waals surface area contributed by atoms with Gasteiger partial charge in [-0.2, -0.15) is 0 Å². The molecule has 0 aliphatic heterocycles. The fraction of sp³-hybridized carbons (Fsp3) is 0.556. The van der Waals surface area contributed by atoms with Crippen molar-refractivity contribution in [1.29, 1.82) is 0 Å². The van der Waals surface area contributed by atoms with Crippen molar-refractivity contribution >= 4 is 0 Å². The lowest BCUT2D eigenvalue weighted by molar-refractivity contribution is 0.245. The zero-order valence-corrected chi connectivity index (χ0v) is 13.2. The molecule has 1 aromatic carbocycles. The molecule has 21 heavy (non-hydrogen) atoms. The molecule has 1 aliphatic rings. The van der Waals surface area contributed by atoms with Crippen molar-refractivity contribution < 1.29 is 4.74 Å². The Morgan fingerprint density at radius 3 is 2.67 bits per heavy atom. The van der Waals surface area contributed by atoms with Crippen LogP contribution in [0.25, 0.3) is 0 Å². The summed E-state index contributed by atoms with van der Waals surface area (Å²) in [6.45, 7) is 7.30. The Kier molecular flexibility index (Phi) is 6.77. The SMILES string of the molecule is C=CCOc1ccc(CNCCN(C)C2CCCC2)cc1. The summed E-state index contributed by atoms with van der Waals surface area (Å²) in [6, 6.07) is 9.09. The molecule has 1 fully saturated rings. The van der Waals surface area contributed by atoms with Crippen LogP contribution in [0.2, 0.25) is 0 Å². The van der Waals surface area contributed by atoms with Gasteiger partial charge in [-0.05, 0) is 37.6 Å². The number of nitrogens with one attached hydrogen (secondary N) is 1. The molecular weight excluding hydrogens is 260 g/mol. The van der Waals surface area contributed by atoms with Gasteiger partial charge in [0.2, 0.25) is 0 Å². The summed E-state index contributed by atoms with van der Waals surface area (Å²) in [7, 11) is 2.25. The highest BCUT2D eigenvalue weighted by Gasteiger charge is 2.18. The van der Waals surface area contributed by atoms with E-state index in [0.29, 0.717) is 6.61 Å². The van der Waals surface area contributed by atoms with Gasteiger partial charge in [-0.25, -0.2) is 0 Å². The van der Waals surface area contributed by atoms with Gasteiger partial charge in [0, 0.05) is 25.7 Å². The average molecular weight is 288 g/mol. The van der Waals surface area contributed by atoms with Gasteiger partial charge < -0.3 is 15.0 Å². The molecular formula is C18H28N2O. The number of likely N-dealkylation sites (N-methyl/N-ethyl adjacent to an activating group) is 1. The summed E-state index contributed by atoms with van der Waals surface area (Å²) in [5.41, 5.74) is 1.30. The lowest BCUT2D eigenvalue weighted by Crippen LogP contribution is -2.35. The largest absolute Gasteiger partial charge is 0.490 e. The smallest absolute Gasteiger partial charge is 0.119 e. The second-order valence-corrected chi connectivity index (χ2v) is 5.84. The van der Waals surface area contributed by atoms with Gasteiger partial charge in [0.15, 0.2) is 0 Å². The first kappa shape index (κ1) is 16.1. The average Bonchev–Trinajstić information content (AvgIpc) is 3.05. The summed E-state index contributed by atoms with van der Waals surface area (Å²) in [5.74, 6) is 0.902. The summed E-state index contributed by atoms with van der Waals surface area (Å²) in [6.07, 6.45) is 7.33. The summed E-state index contributed by atoms with van der Waals surface area (Å²) in [4.78, 5) is 2.51. The van der Waals surface area contributed by atoms with Crippen LogP contribution >= 0.6 is 0 Å². The van der Waals surface area contributed by atoms with Gasteiger partial charge in [-0.1, -0.05) is 37.6 Å². The zero-order chi connectivity index (χ0) is 14.9. The van der Waals surface area contributed by atoms with Crippen LogP contribution in [0, 0.1) is 0 Å².